The van der Waals surface area contributed by atoms with Gasteiger partial charge in [0.05, 0.1) is 22.5 Å². The van der Waals surface area contributed by atoms with Crippen molar-refractivity contribution in [2.75, 3.05) is 7.11 Å². The van der Waals surface area contributed by atoms with Gasteiger partial charge in [0.25, 0.3) is 0 Å². The summed E-state index contributed by atoms with van der Waals surface area (Å²) in [6.07, 6.45) is 0. The van der Waals surface area contributed by atoms with Gasteiger partial charge < -0.3 is 4.74 Å². The van der Waals surface area contributed by atoms with E-state index in [-0.39, 0.29) is 0 Å². The van der Waals surface area contributed by atoms with Crippen LogP contribution in [0.15, 0.2) is 24.3 Å². The number of benzene rings is 1. The van der Waals surface area contributed by atoms with Crippen LogP contribution in [0.4, 0.5) is 0 Å². The fourth-order valence-electron chi connectivity index (χ4n) is 1.81. The molecular formula is C13H7Cl3N2OS. The second-order valence-corrected chi connectivity index (χ2v) is 6.60. The zero-order chi connectivity index (χ0) is 14.3. The van der Waals surface area contributed by atoms with Crippen LogP contribution in [0.5, 0.6) is 5.75 Å². The standard InChI is InChI=1S/C13H7Cl3N2OS/c1-19-6-2-3-9-7(4-6)11(15)18-13(17-9)8-5-10(14)20-12(8)16/h2-5H,1H3. The first-order valence-corrected chi connectivity index (χ1v) is 7.50. The van der Waals surface area contributed by atoms with Crippen LogP contribution < -0.4 is 4.74 Å². The molecule has 0 aliphatic rings. The topological polar surface area (TPSA) is 35.0 Å². The average molecular weight is 346 g/mol. The molecular weight excluding hydrogens is 339 g/mol. The Hall–Kier alpha value is -1.07. The zero-order valence-corrected chi connectivity index (χ0v) is 13.2. The lowest BCUT2D eigenvalue weighted by Gasteiger charge is -2.05. The summed E-state index contributed by atoms with van der Waals surface area (Å²) >= 11 is 19.6. The number of thiophene rings is 1. The van der Waals surface area contributed by atoms with Crippen molar-refractivity contribution in [2.45, 2.75) is 0 Å². The van der Waals surface area contributed by atoms with E-state index in [4.69, 9.17) is 39.5 Å². The number of methoxy groups -OCH3 is 1. The second-order valence-electron chi connectivity index (χ2n) is 3.96. The zero-order valence-electron chi connectivity index (χ0n) is 10.2. The van der Waals surface area contributed by atoms with E-state index in [1.165, 1.54) is 11.3 Å². The Labute approximate surface area is 134 Å². The maximum absolute atomic E-state index is 6.22. The summed E-state index contributed by atoms with van der Waals surface area (Å²) in [6.45, 7) is 0. The van der Waals surface area contributed by atoms with Crippen molar-refractivity contribution >= 4 is 57.0 Å². The van der Waals surface area contributed by atoms with Crippen LogP contribution in [0.2, 0.25) is 13.8 Å². The van der Waals surface area contributed by atoms with Gasteiger partial charge in [-0.25, -0.2) is 9.97 Å². The third kappa shape index (κ3) is 2.44. The van der Waals surface area contributed by atoms with Gasteiger partial charge in [-0.15, -0.1) is 11.3 Å². The summed E-state index contributed by atoms with van der Waals surface area (Å²) in [5, 5.41) is 1.08. The van der Waals surface area contributed by atoms with E-state index < -0.39 is 0 Å². The molecule has 0 atom stereocenters. The van der Waals surface area contributed by atoms with Crippen LogP contribution in [0.25, 0.3) is 22.3 Å². The number of halogens is 3. The van der Waals surface area contributed by atoms with E-state index in [2.05, 4.69) is 9.97 Å². The van der Waals surface area contributed by atoms with E-state index in [9.17, 15) is 0 Å². The largest absolute Gasteiger partial charge is 0.497 e. The molecule has 0 amide bonds. The van der Waals surface area contributed by atoms with Crippen LogP contribution in [0.1, 0.15) is 0 Å². The number of rotatable bonds is 2. The molecule has 0 N–H and O–H groups in total. The molecule has 0 unspecified atom stereocenters. The molecule has 3 nitrogen and oxygen atoms in total. The van der Waals surface area contributed by atoms with E-state index in [1.807, 2.05) is 12.1 Å². The molecule has 0 aliphatic heterocycles. The quantitative estimate of drug-likeness (QED) is 0.589. The SMILES string of the molecule is COc1ccc2nc(-c3cc(Cl)sc3Cl)nc(Cl)c2c1. The fourth-order valence-corrected chi connectivity index (χ4v) is 3.50. The molecule has 0 bridgehead atoms. The van der Waals surface area contributed by atoms with Crippen molar-refractivity contribution in [1.29, 1.82) is 0 Å². The Morgan fingerprint density at radius 3 is 2.55 bits per heavy atom. The summed E-state index contributed by atoms with van der Waals surface area (Å²) < 4.78 is 6.29. The fraction of sp³-hybridized carbons (Fsp3) is 0.0769. The third-order valence-corrected chi connectivity index (χ3v) is 4.53. The highest BCUT2D eigenvalue weighted by Gasteiger charge is 2.14. The van der Waals surface area contributed by atoms with E-state index in [0.29, 0.717) is 31.0 Å². The number of hydrogen-bond donors (Lipinski definition) is 0. The molecule has 3 rings (SSSR count). The molecule has 7 heteroatoms. The van der Waals surface area contributed by atoms with E-state index >= 15 is 0 Å². The highest BCUT2D eigenvalue weighted by atomic mass is 35.5. The molecule has 2 aromatic heterocycles. The van der Waals surface area contributed by atoms with Gasteiger partial charge in [0.1, 0.15) is 15.2 Å². The van der Waals surface area contributed by atoms with Crippen molar-refractivity contribution in [2.24, 2.45) is 0 Å². The number of fused-ring (bicyclic) bond motifs is 1. The first-order valence-electron chi connectivity index (χ1n) is 5.55. The summed E-state index contributed by atoms with van der Waals surface area (Å²) in [5.74, 6) is 1.16. The predicted molar refractivity (Wildman–Crippen MR) is 84.4 cm³/mol. The number of aromatic nitrogens is 2. The van der Waals surface area contributed by atoms with Crippen molar-refractivity contribution in [3.8, 4) is 17.1 Å². The van der Waals surface area contributed by atoms with Crippen LogP contribution in [-0.2, 0) is 0 Å². The van der Waals surface area contributed by atoms with Crippen LogP contribution in [-0.4, -0.2) is 17.1 Å². The van der Waals surface area contributed by atoms with Crippen LogP contribution >= 0.6 is 46.1 Å². The van der Waals surface area contributed by atoms with Gasteiger partial charge in [-0.3, -0.25) is 0 Å². The number of nitrogens with zero attached hydrogens (tertiary/aromatic N) is 2. The summed E-state index contributed by atoms with van der Waals surface area (Å²) in [6, 6.07) is 7.17. The lowest BCUT2D eigenvalue weighted by atomic mass is 10.2. The van der Waals surface area contributed by atoms with E-state index in [1.54, 1.807) is 19.2 Å². The Morgan fingerprint density at radius 2 is 1.90 bits per heavy atom. The minimum Gasteiger partial charge on any atom is -0.497 e. The van der Waals surface area contributed by atoms with Crippen LogP contribution in [0.3, 0.4) is 0 Å². The lowest BCUT2D eigenvalue weighted by Crippen LogP contribution is -1.92. The molecule has 3 aromatic rings. The predicted octanol–water partition coefficient (Wildman–Crippen LogP) is 5.33. The highest BCUT2D eigenvalue weighted by Crippen LogP contribution is 2.38. The molecule has 1 aromatic carbocycles. The van der Waals surface area contributed by atoms with Gasteiger partial charge >= 0.3 is 0 Å². The molecule has 2 heterocycles. The normalized spacial score (nSPS) is 11.0. The molecule has 0 aliphatic carbocycles. The molecule has 20 heavy (non-hydrogen) atoms. The molecule has 0 saturated carbocycles. The molecule has 0 fully saturated rings. The van der Waals surface area contributed by atoms with Crippen molar-refractivity contribution in [1.82, 2.24) is 9.97 Å². The summed E-state index contributed by atoms with van der Waals surface area (Å²) in [7, 11) is 1.59. The monoisotopic (exact) mass is 344 g/mol. The molecule has 0 spiro atoms. The summed E-state index contributed by atoms with van der Waals surface area (Å²) in [5.41, 5.74) is 1.40. The van der Waals surface area contributed by atoms with Gasteiger partial charge in [-0.1, -0.05) is 34.8 Å². The maximum atomic E-state index is 6.22. The van der Waals surface area contributed by atoms with Crippen LogP contribution in [0, 0.1) is 0 Å². The minimum atomic E-state index is 0.349. The Kier molecular flexibility index (Phi) is 3.73. The van der Waals surface area contributed by atoms with Gasteiger partial charge in [0, 0.05) is 5.39 Å². The van der Waals surface area contributed by atoms with E-state index in [0.717, 1.165) is 10.9 Å². The van der Waals surface area contributed by atoms with Gasteiger partial charge in [0.15, 0.2) is 5.82 Å². The van der Waals surface area contributed by atoms with Crippen molar-refractivity contribution < 1.29 is 4.74 Å². The van der Waals surface area contributed by atoms with Gasteiger partial charge in [0.2, 0.25) is 0 Å². The second kappa shape index (κ2) is 5.37. The number of ether oxygens (including phenoxy) is 1. The third-order valence-electron chi connectivity index (χ3n) is 2.75. The minimum absolute atomic E-state index is 0.349. The lowest BCUT2D eigenvalue weighted by molar-refractivity contribution is 0.415. The molecule has 0 radical (unpaired) electrons. The average Bonchev–Trinajstić information content (AvgIpc) is 2.77. The van der Waals surface area contributed by atoms with Gasteiger partial charge in [-0.05, 0) is 24.3 Å². The Bertz CT molecular complexity index is 804. The van der Waals surface area contributed by atoms with Crippen molar-refractivity contribution in [3.05, 3.63) is 38.1 Å². The first kappa shape index (κ1) is 13.9. The molecule has 102 valence electrons. The molecule has 0 saturated heterocycles. The van der Waals surface area contributed by atoms with Gasteiger partial charge in [-0.2, -0.15) is 0 Å². The Morgan fingerprint density at radius 1 is 1.10 bits per heavy atom. The Balaban J connectivity index is 2.22. The smallest absolute Gasteiger partial charge is 0.163 e. The maximum Gasteiger partial charge on any atom is 0.163 e. The van der Waals surface area contributed by atoms with Crippen molar-refractivity contribution in [3.63, 3.8) is 0 Å². The highest BCUT2D eigenvalue weighted by molar-refractivity contribution is 7.20. The summed E-state index contributed by atoms with van der Waals surface area (Å²) in [4.78, 5) is 8.75. The first-order chi connectivity index (χ1) is 9.58. The number of hydrogen-bond acceptors (Lipinski definition) is 4.